The summed E-state index contributed by atoms with van der Waals surface area (Å²) in [5, 5.41) is 2.78. The summed E-state index contributed by atoms with van der Waals surface area (Å²) >= 11 is 0. The third kappa shape index (κ3) is 4.83. The number of nitrogens with one attached hydrogen (secondary N) is 1. The zero-order valence-corrected chi connectivity index (χ0v) is 10.6. The second kappa shape index (κ2) is 7.40. The second-order valence-electron chi connectivity index (χ2n) is 4.58. The third-order valence-corrected chi connectivity index (χ3v) is 2.91. The van der Waals surface area contributed by atoms with Gasteiger partial charge in [0.2, 0.25) is 12.2 Å². The predicted molar refractivity (Wildman–Crippen MR) is 64.3 cm³/mol. The summed E-state index contributed by atoms with van der Waals surface area (Å²) in [6.45, 7) is 8.39. The lowest BCUT2D eigenvalue weighted by Gasteiger charge is -2.26. The number of ether oxygens (including phenoxy) is 1. The van der Waals surface area contributed by atoms with Crippen molar-refractivity contribution in [1.29, 1.82) is 0 Å². The summed E-state index contributed by atoms with van der Waals surface area (Å²) < 4.78 is 5.23. The Morgan fingerprint density at radius 3 is 2.59 bits per heavy atom. The maximum atomic E-state index is 11.6. The molecule has 1 aliphatic heterocycles. The third-order valence-electron chi connectivity index (χ3n) is 2.91. The summed E-state index contributed by atoms with van der Waals surface area (Å²) in [4.78, 5) is 24.5. The maximum Gasteiger partial charge on any atom is 0.231 e. The molecule has 0 saturated carbocycles. The van der Waals surface area contributed by atoms with Crippen molar-refractivity contribution in [3.8, 4) is 0 Å². The molecule has 0 spiro atoms. The summed E-state index contributed by atoms with van der Waals surface area (Å²) in [6, 6.07) is 0. The first-order valence-corrected chi connectivity index (χ1v) is 6.10. The molecule has 1 rings (SSSR count). The van der Waals surface area contributed by atoms with Crippen molar-refractivity contribution in [3.05, 3.63) is 0 Å². The minimum Gasteiger partial charge on any atom is -0.379 e. The first-order chi connectivity index (χ1) is 8.15. The largest absolute Gasteiger partial charge is 0.379 e. The highest BCUT2D eigenvalue weighted by atomic mass is 16.5. The summed E-state index contributed by atoms with van der Waals surface area (Å²) in [7, 11) is 0. The molecule has 1 radical (unpaired) electrons. The van der Waals surface area contributed by atoms with E-state index in [-0.39, 0.29) is 11.8 Å². The van der Waals surface area contributed by atoms with Gasteiger partial charge in [0.25, 0.3) is 0 Å². The topological polar surface area (TPSA) is 58.6 Å². The molecule has 17 heavy (non-hydrogen) atoms. The van der Waals surface area contributed by atoms with Crippen LogP contribution < -0.4 is 5.32 Å². The zero-order chi connectivity index (χ0) is 12.7. The van der Waals surface area contributed by atoms with Crippen molar-refractivity contribution in [1.82, 2.24) is 10.2 Å². The molecule has 1 saturated heterocycles. The molecule has 0 aromatic heterocycles. The van der Waals surface area contributed by atoms with E-state index in [4.69, 9.17) is 4.74 Å². The summed E-state index contributed by atoms with van der Waals surface area (Å²) in [5.41, 5.74) is 0. The van der Waals surface area contributed by atoms with Crippen LogP contribution in [0.25, 0.3) is 0 Å². The molecular weight excluding hydrogens is 220 g/mol. The van der Waals surface area contributed by atoms with E-state index in [1.54, 1.807) is 6.29 Å². The van der Waals surface area contributed by atoms with Crippen LogP contribution in [0.5, 0.6) is 0 Å². The van der Waals surface area contributed by atoms with Crippen LogP contribution in [0.4, 0.5) is 0 Å². The number of hydrogen-bond donors (Lipinski definition) is 1. The molecule has 5 nitrogen and oxygen atoms in total. The van der Waals surface area contributed by atoms with Crippen molar-refractivity contribution >= 4 is 12.2 Å². The molecule has 1 amide bonds. The fourth-order valence-electron chi connectivity index (χ4n) is 1.76. The van der Waals surface area contributed by atoms with Crippen LogP contribution in [0.15, 0.2) is 0 Å². The Kier molecular flexibility index (Phi) is 6.15. The van der Waals surface area contributed by atoms with Gasteiger partial charge in [0.1, 0.15) is 5.92 Å². The van der Waals surface area contributed by atoms with Crippen molar-refractivity contribution in [2.45, 2.75) is 13.8 Å². The number of hydrogen-bond acceptors (Lipinski definition) is 4. The maximum absolute atomic E-state index is 11.6. The molecule has 1 heterocycles. The number of carbonyl (C=O) groups is 1. The first kappa shape index (κ1) is 14.1. The Balaban J connectivity index is 2.20. The standard InChI is InChI=1S/C12H21N2O3/c1-10(2)11(9-15)12(16)13-3-4-14-5-7-17-8-6-14/h10-11H,3-8H2,1-2H3,(H,13,16). The van der Waals surface area contributed by atoms with Gasteiger partial charge < -0.3 is 10.1 Å². The van der Waals surface area contributed by atoms with Gasteiger partial charge in [0.15, 0.2) is 0 Å². The fourth-order valence-corrected chi connectivity index (χ4v) is 1.76. The molecule has 97 valence electrons. The van der Waals surface area contributed by atoms with Gasteiger partial charge in [-0.3, -0.25) is 14.5 Å². The van der Waals surface area contributed by atoms with Gasteiger partial charge in [0, 0.05) is 26.2 Å². The fraction of sp³-hybridized carbons (Fsp3) is 0.833. The van der Waals surface area contributed by atoms with E-state index in [1.807, 2.05) is 13.8 Å². The number of rotatable bonds is 6. The van der Waals surface area contributed by atoms with Crippen LogP contribution in [0.2, 0.25) is 0 Å². The highest BCUT2D eigenvalue weighted by molar-refractivity contribution is 5.92. The SMILES string of the molecule is CC(C)C([C]=O)C(=O)NCCN1CCOCC1. The molecule has 0 aliphatic carbocycles. The van der Waals surface area contributed by atoms with Gasteiger partial charge >= 0.3 is 0 Å². The quantitative estimate of drug-likeness (QED) is 0.655. The van der Waals surface area contributed by atoms with Gasteiger partial charge in [-0.15, -0.1) is 0 Å². The summed E-state index contributed by atoms with van der Waals surface area (Å²) in [6.07, 6.45) is 1.79. The number of amides is 1. The van der Waals surface area contributed by atoms with E-state index in [1.165, 1.54) is 0 Å². The molecule has 0 aromatic carbocycles. The van der Waals surface area contributed by atoms with Crippen LogP contribution >= 0.6 is 0 Å². The first-order valence-electron chi connectivity index (χ1n) is 6.10. The number of carbonyl (C=O) groups excluding carboxylic acids is 2. The minimum absolute atomic E-state index is 0.00381. The molecular formula is C12H21N2O3. The zero-order valence-electron chi connectivity index (χ0n) is 10.6. The van der Waals surface area contributed by atoms with E-state index >= 15 is 0 Å². The minimum atomic E-state index is -0.653. The normalized spacial score (nSPS) is 19.0. The van der Waals surface area contributed by atoms with Gasteiger partial charge in [-0.05, 0) is 5.92 Å². The monoisotopic (exact) mass is 241 g/mol. The highest BCUT2D eigenvalue weighted by Gasteiger charge is 2.22. The lowest BCUT2D eigenvalue weighted by molar-refractivity contribution is -0.124. The number of nitrogens with zero attached hydrogens (tertiary/aromatic N) is 1. The Labute approximate surface area is 102 Å². The summed E-state index contributed by atoms with van der Waals surface area (Å²) in [5.74, 6) is -0.876. The predicted octanol–water partition coefficient (Wildman–Crippen LogP) is -0.183. The Hall–Kier alpha value is -0.940. The second-order valence-corrected chi connectivity index (χ2v) is 4.58. The molecule has 1 unspecified atom stereocenters. The van der Waals surface area contributed by atoms with E-state index in [9.17, 15) is 9.59 Å². The van der Waals surface area contributed by atoms with Crippen molar-refractivity contribution in [2.75, 3.05) is 39.4 Å². The smallest absolute Gasteiger partial charge is 0.231 e. The van der Waals surface area contributed by atoms with Crippen molar-refractivity contribution in [2.24, 2.45) is 11.8 Å². The van der Waals surface area contributed by atoms with Gasteiger partial charge in [-0.25, -0.2) is 0 Å². The van der Waals surface area contributed by atoms with Crippen LogP contribution in [-0.4, -0.2) is 56.5 Å². The van der Waals surface area contributed by atoms with Crippen LogP contribution in [-0.2, 0) is 14.3 Å². The Morgan fingerprint density at radius 1 is 1.41 bits per heavy atom. The van der Waals surface area contributed by atoms with Crippen LogP contribution in [0.3, 0.4) is 0 Å². The lowest BCUT2D eigenvalue weighted by Crippen LogP contribution is -2.43. The average molecular weight is 241 g/mol. The Morgan fingerprint density at radius 2 is 2.06 bits per heavy atom. The van der Waals surface area contributed by atoms with Gasteiger partial charge in [-0.1, -0.05) is 13.8 Å². The molecule has 0 bridgehead atoms. The highest BCUT2D eigenvalue weighted by Crippen LogP contribution is 2.07. The van der Waals surface area contributed by atoms with Crippen LogP contribution in [0, 0.1) is 11.8 Å². The molecule has 5 heteroatoms. The molecule has 1 atom stereocenters. The molecule has 1 aliphatic rings. The van der Waals surface area contributed by atoms with Gasteiger partial charge in [0.05, 0.1) is 13.2 Å². The lowest BCUT2D eigenvalue weighted by atomic mass is 9.97. The van der Waals surface area contributed by atoms with E-state index in [0.717, 1.165) is 32.8 Å². The molecule has 1 fully saturated rings. The van der Waals surface area contributed by atoms with Crippen molar-refractivity contribution < 1.29 is 14.3 Å². The average Bonchev–Trinajstić information content (AvgIpc) is 2.30. The van der Waals surface area contributed by atoms with Crippen LogP contribution in [0.1, 0.15) is 13.8 Å². The van der Waals surface area contributed by atoms with Gasteiger partial charge in [-0.2, -0.15) is 0 Å². The van der Waals surface area contributed by atoms with E-state index in [2.05, 4.69) is 10.2 Å². The Bertz CT molecular complexity index is 250. The van der Waals surface area contributed by atoms with E-state index < -0.39 is 5.92 Å². The number of morpholine rings is 1. The molecule has 0 aromatic rings. The molecule has 1 N–H and O–H groups in total. The van der Waals surface area contributed by atoms with E-state index in [0.29, 0.717) is 6.54 Å². The van der Waals surface area contributed by atoms with Crippen molar-refractivity contribution in [3.63, 3.8) is 0 Å².